The summed E-state index contributed by atoms with van der Waals surface area (Å²) in [7, 11) is 2.74. The van der Waals surface area contributed by atoms with E-state index in [1.807, 2.05) is 0 Å². The summed E-state index contributed by atoms with van der Waals surface area (Å²) in [4.78, 5) is 10.6. The van der Waals surface area contributed by atoms with Crippen molar-refractivity contribution in [1.29, 1.82) is 0 Å². The molecule has 0 heterocycles. The molecule has 0 spiro atoms. The SMILES string of the molecule is COCCCC(CNC(N)=O)(O[SiH3])O[SiH3]. The minimum atomic E-state index is -0.702. The summed E-state index contributed by atoms with van der Waals surface area (Å²) in [6.07, 6.45) is 1.51. The number of urea groups is 1. The average Bonchev–Trinajstić information content (AvgIpc) is 2.23. The molecule has 15 heavy (non-hydrogen) atoms. The van der Waals surface area contributed by atoms with Gasteiger partial charge in [0.25, 0.3) is 0 Å². The van der Waals surface area contributed by atoms with Gasteiger partial charge in [-0.2, -0.15) is 0 Å². The molecule has 0 aliphatic carbocycles. The second-order valence-electron chi connectivity index (χ2n) is 3.13. The maximum atomic E-state index is 10.6. The van der Waals surface area contributed by atoms with Crippen molar-refractivity contribution in [2.45, 2.75) is 18.6 Å². The van der Waals surface area contributed by atoms with Crippen molar-refractivity contribution < 1.29 is 18.4 Å². The van der Waals surface area contributed by atoms with Crippen molar-refractivity contribution in [2.24, 2.45) is 5.73 Å². The molecule has 0 radical (unpaired) electrons. The zero-order chi connectivity index (χ0) is 11.7. The van der Waals surface area contributed by atoms with Crippen LogP contribution in [0, 0.1) is 0 Å². The highest BCUT2D eigenvalue weighted by Gasteiger charge is 2.27. The summed E-state index contributed by atoms with van der Waals surface area (Å²) in [5, 5.41) is 2.51. The Morgan fingerprint density at radius 3 is 2.47 bits per heavy atom. The number of methoxy groups -OCH3 is 1. The molecule has 90 valence electrons. The van der Waals surface area contributed by atoms with Crippen molar-refractivity contribution in [3.05, 3.63) is 0 Å². The molecular weight excluding hydrogens is 232 g/mol. The third-order valence-electron chi connectivity index (χ3n) is 2.18. The summed E-state index contributed by atoms with van der Waals surface area (Å²) in [6, 6.07) is -0.566. The first-order chi connectivity index (χ1) is 7.10. The Labute approximate surface area is 95.9 Å². The lowest BCUT2D eigenvalue weighted by atomic mass is 10.1. The summed E-state index contributed by atoms with van der Waals surface area (Å²) < 4.78 is 15.8. The Morgan fingerprint density at radius 1 is 1.47 bits per heavy atom. The normalized spacial score (nSPS) is 15.0. The van der Waals surface area contributed by atoms with Gasteiger partial charge in [-0.25, -0.2) is 4.79 Å². The van der Waals surface area contributed by atoms with E-state index < -0.39 is 11.8 Å². The van der Waals surface area contributed by atoms with Crippen LogP contribution in [0.4, 0.5) is 4.79 Å². The molecule has 0 unspecified atom stereocenters. The maximum Gasteiger partial charge on any atom is 0.312 e. The quantitative estimate of drug-likeness (QED) is 0.281. The highest BCUT2D eigenvalue weighted by atomic mass is 28.2. The fraction of sp³-hybridized carbons (Fsp3) is 0.857. The maximum absolute atomic E-state index is 10.6. The van der Waals surface area contributed by atoms with Crippen molar-refractivity contribution in [3.63, 3.8) is 0 Å². The molecule has 0 aromatic rings. The van der Waals surface area contributed by atoms with E-state index in [9.17, 15) is 4.79 Å². The third kappa shape index (κ3) is 5.90. The number of carbonyl (C=O) groups is 1. The topological polar surface area (TPSA) is 82.8 Å². The summed E-state index contributed by atoms with van der Waals surface area (Å²) >= 11 is 0. The Hall–Kier alpha value is -0.416. The minimum Gasteiger partial charge on any atom is -0.401 e. The molecule has 0 aliphatic heterocycles. The van der Waals surface area contributed by atoms with Crippen molar-refractivity contribution >= 4 is 27.0 Å². The summed E-state index contributed by atoms with van der Waals surface area (Å²) in [6.45, 7) is 0.938. The monoisotopic (exact) mass is 252 g/mol. The fourth-order valence-corrected chi connectivity index (χ4v) is 2.59. The van der Waals surface area contributed by atoms with Gasteiger partial charge in [0.05, 0.1) is 6.54 Å². The number of amides is 2. The van der Waals surface area contributed by atoms with Gasteiger partial charge in [0.1, 0.15) is 21.0 Å². The Morgan fingerprint density at radius 2 is 2.07 bits per heavy atom. The van der Waals surface area contributed by atoms with E-state index in [2.05, 4.69) is 5.32 Å². The van der Waals surface area contributed by atoms with Crippen LogP contribution in [0.1, 0.15) is 12.8 Å². The molecule has 0 atom stereocenters. The molecule has 0 saturated heterocycles. The predicted octanol–water partition coefficient (Wildman–Crippen LogP) is -2.63. The van der Waals surface area contributed by atoms with E-state index in [0.717, 1.165) is 6.42 Å². The smallest absolute Gasteiger partial charge is 0.312 e. The lowest BCUT2D eigenvalue weighted by molar-refractivity contribution is -0.110. The van der Waals surface area contributed by atoms with Crippen LogP contribution in [-0.4, -0.2) is 53.1 Å². The number of rotatable bonds is 8. The Balaban J connectivity index is 4.10. The van der Waals surface area contributed by atoms with Crippen molar-refractivity contribution in [3.8, 4) is 0 Å². The van der Waals surface area contributed by atoms with Gasteiger partial charge in [0.2, 0.25) is 0 Å². The molecule has 0 aliphatic rings. The van der Waals surface area contributed by atoms with Crippen LogP contribution in [0.3, 0.4) is 0 Å². The molecule has 8 heteroatoms. The van der Waals surface area contributed by atoms with Gasteiger partial charge in [-0.15, -0.1) is 0 Å². The predicted molar refractivity (Wildman–Crippen MR) is 63.5 cm³/mol. The Bertz CT molecular complexity index is 190. The van der Waals surface area contributed by atoms with Gasteiger partial charge in [0, 0.05) is 20.1 Å². The van der Waals surface area contributed by atoms with Gasteiger partial charge in [-0.05, 0) is 6.42 Å². The van der Waals surface area contributed by atoms with E-state index >= 15 is 0 Å². The molecule has 0 aromatic heterocycles. The van der Waals surface area contributed by atoms with Crippen LogP contribution in [0.5, 0.6) is 0 Å². The highest BCUT2D eigenvalue weighted by Crippen LogP contribution is 2.16. The molecule has 3 N–H and O–H groups in total. The number of hydrogen-bond acceptors (Lipinski definition) is 4. The van der Waals surface area contributed by atoms with Crippen molar-refractivity contribution in [1.82, 2.24) is 5.32 Å². The first-order valence-electron chi connectivity index (χ1n) is 4.73. The molecule has 0 aromatic carbocycles. The van der Waals surface area contributed by atoms with Crippen LogP contribution in [0.2, 0.25) is 0 Å². The van der Waals surface area contributed by atoms with E-state index in [-0.39, 0.29) is 0 Å². The first-order valence-corrected chi connectivity index (χ1v) is 6.36. The number of hydrogen-bond donors (Lipinski definition) is 2. The van der Waals surface area contributed by atoms with Crippen LogP contribution in [0.25, 0.3) is 0 Å². The molecule has 0 rings (SSSR count). The lowest BCUT2D eigenvalue weighted by Crippen LogP contribution is -2.48. The Kier molecular flexibility index (Phi) is 7.60. The standard InChI is InChI=1S/C7H20N2O4Si2/c1-11-4-2-3-7(12-14,13-15)5-9-6(8)10/h2-5H2,1,14-15H3,(H3,8,9,10). The highest BCUT2D eigenvalue weighted by molar-refractivity contribution is 6.00. The second kappa shape index (κ2) is 7.82. The summed E-state index contributed by atoms with van der Waals surface area (Å²) in [5.41, 5.74) is 5.00. The number of carbonyl (C=O) groups excluding carboxylic acids is 1. The number of primary amides is 1. The molecule has 6 nitrogen and oxygen atoms in total. The van der Waals surface area contributed by atoms with Crippen LogP contribution in [0.15, 0.2) is 0 Å². The fourth-order valence-electron chi connectivity index (χ4n) is 1.23. The molecular formula is C7H20N2O4Si2. The number of ether oxygens (including phenoxy) is 1. The lowest BCUT2D eigenvalue weighted by Gasteiger charge is -2.32. The van der Waals surface area contributed by atoms with Crippen LogP contribution < -0.4 is 11.1 Å². The molecule has 0 saturated carbocycles. The van der Waals surface area contributed by atoms with E-state index in [4.69, 9.17) is 19.3 Å². The van der Waals surface area contributed by atoms with E-state index in [1.54, 1.807) is 7.11 Å². The van der Waals surface area contributed by atoms with E-state index in [1.165, 1.54) is 0 Å². The van der Waals surface area contributed by atoms with Gasteiger partial charge < -0.3 is 24.6 Å². The molecule has 2 amide bonds. The van der Waals surface area contributed by atoms with Crippen LogP contribution in [-0.2, 0) is 13.6 Å². The largest absolute Gasteiger partial charge is 0.401 e. The molecule has 0 fully saturated rings. The first kappa shape index (κ1) is 14.6. The number of nitrogens with two attached hydrogens (primary N) is 1. The van der Waals surface area contributed by atoms with Crippen molar-refractivity contribution in [2.75, 3.05) is 20.3 Å². The van der Waals surface area contributed by atoms with Gasteiger partial charge in [-0.3, -0.25) is 0 Å². The van der Waals surface area contributed by atoms with E-state index in [0.29, 0.717) is 40.5 Å². The third-order valence-corrected chi connectivity index (χ3v) is 3.67. The second-order valence-corrected chi connectivity index (χ2v) is 3.95. The van der Waals surface area contributed by atoms with Gasteiger partial charge in [0.15, 0.2) is 5.79 Å². The van der Waals surface area contributed by atoms with Gasteiger partial charge in [-0.1, -0.05) is 0 Å². The number of nitrogens with one attached hydrogen (secondary N) is 1. The zero-order valence-electron chi connectivity index (χ0n) is 9.54. The van der Waals surface area contributed by atoms with Gasteiger partial charge >= 0.3 is 6.03 Å². The minimum absolute atomic E-state index is 0.291. The average molecular weight is 252 g/mol. The van der Waals surface area contributed by atoms with Crippen LogP contribution >= 0.6 is 0 Å². The zero-order valence-corrected chi connectivity index (χ0v) is 13.5. The molecule has 0 bridgehead atoms. The summed E-state index contributed by atoms with van der Waals surface area (Å²) in [5.74, 6) is -0.702.